The second-order valence-electron chi connectivity index (χ2n) is 4.41. The summed E-state index contributed by atoms with van der Waals surface area (Å²) < 4.78 is 0. The van der Waals surface area contributed by atoms with Crippen molar-refractivity contribution < 1.29 is 0 Å². The molecule has 0 heterocycles. The monoisotopic (exact) mass is 202 g/mol. The fourth-order valence-electron chi connectivity index (χ4n) is 1.67. The van der Waals surface area contributed by atoms with E-state index in [0.717, 1.165) is 5.92 Å². The molecule has 0 fully saturated rings. The summed E-state index contributed by atoms with van der Waals surface area (Å²) in [4.78, 5) is 0. The predicted octanol–water partition coefficient (Wildman–Crippen LogP) is 4.18. The maximum atomic E-state index is 6.27. The molecule has 1 aliphatic carbocycles. The van der Waals surface area contributed by atoms with Gasteiger partial charge in [-0.25, -0.2) is 0 Å². The molecule has 70 valence electrons. The Morgan fingerprint density at radius 2 is 2.17 bits per heavy atom. The van der Waals surface area contributed by atoms with Gasteiger partial charge in [-0.05, 0) is 31.2 Å². The lowest BCUT2D eigenvalue weighted by Crippen LogP contribution is -2.17. The van der Waals surface area contributed by atoms with E-state index in [1.54, 1.807) is 0 Å². The van der Waals surface area contributed by atoms with Gasteiger partial charge in [0.05, 0.1) is 0 Å². The van der Waals surface area contributed by atoms with Crippen molar-refractivity contribution >= 4 is 18.5 Å². The lowest BCUT2D eigenvalue weighted by Gasteiger charge is -2.20. The fraction of sp³-hybridized carbons (Fsp3) is 0.800. The maximum absolute atomic E-state index is 6.27. The highest BCUT2D eigenvalue weighted by Crippen LogP contribution is 2.27. The molecule has 0 spiro atoms. The highest BCUT2D eigenvalue weighted by atomic mass is 35.6. The lowest BCUT2D eigenvalue weighted by molar-refractivity contribution is 0.463. The molecule has 12 heavy (non-hydrogen) atoms. The second kappa shape index (κ2) is 4.47. The van der Waals surface area contributed by atoms with Crippen LogP contribution in [0.1, 0.15) is 25.7 Å². The highest BCUT2D eigenvalue weighted by molar-refractivity contribution is 7.19. The summed E-state index contributed by atoms with van der Waals surface area (Å²) in [6.45, 7) is 4.49. The Kier molecular flexibility index (Phi) is 3.85. The van der Waals surface area contributed by atoms with E-state index in [-0.39, 0.29) is 0 Å². The molecule has 2 heteroatoms. The molecule has 1 aliphatic rings. The van der Waals surface area contributed by atoms with E-state index in [1.807, 2.05) is 0 Å². The van der Waals surface area contributed by atoms with Gasteiger partial charge >= 0.3 is 0 Å². The molecule has 0 saturated carbocycles. The van der Waals surface area contributed by atoms with Gasteiger partial charge in [0, 0.05) is 0 Å². The Bertz CT molecular complexity index is 158. The van der Waals surface area contributed by atoms with Gasteiger partial charge in [-0.15, -0.1) is 0 Å². The van der Waals surface area contributed by atoms with Gasteiger partial charge in [0.1, 0.15) is 0 Å². The van der Waals surface area contributed by atoms with Gasteiger partial charge in [-0.1, -0.05) is 31.7 Å². The smallest absolute Gasteiger partial charge is 0.150 e. The van der Waals surface area contributed by atoms with Crippen molar-refractivity contribution in [3.05, 3.63) is 12.2 Å². The lowest BCUT2D eigenvalue weighted by atomic mass is 9.92. The summed E-state index contributed by atoms with van der Waals surface area (Å²) >= 11 is 6.27. The van der Waals surface area contributed by atoms with E-state index >= 15 is 0 Å². The summed E-state index contributed by atoms with van der Waals surface area (Å²) in [6, 6.07) is 1.28. The Labute approximate surface area is 81.7 Å². The number of hydrogen-bond acceptors (Lipinski definition) is 0. The van der Waals surface area contributed by atoms with Crippen LogP contribution in [-0.2, 0) is 0 Å². The van der Waals surface area contributed by atoms with E-state index in [4.69, 9.17) is 11.1 Å². The first-order chi connectivity index (χ1) is 5.58. The number of halogens is 1. The molecule has 0 aromatic carbocycles. The summed E-state index contributed by atoms with van der Waals surface area (Å²) in [5.41, 5.74) is 0. The van der Waals surface area contributed by atoms with E-state index in [0.29, 0.717) is 0 Å². The van der Waals surface area contributed by atoms with Gasteiger partial charge in [-0.3, -0.25) is 0 Å². The molecule has 0 saturated heterocycles. The van der Waals surface area contributed by atoms with Gasteiger partial charge in [0.25, 0.3) is 0 Å². The fourth-order valence-corrected chi connectivity index (χ4v) is 3.09. The molecule has 0 unspecified atom stereocenters. The van der Waals surface area contributed by atoms with Crippen LogP contribution in [0.2, 0.25) is 19.1 Å². The van der Waals surface area contributed by atoms with Crippen LogP contribution < -0.4 is 0 Å². The van der Waals surface area contributed by atoms with Crippen LogP contribution in [0.15, 0.2) is 12.2 Å². The molecule has 1 atom stereocenters. The Morgan fingerprint density at radius 3 is 2.67 bits per heavy atom. The standard InChI is InChI=1S/C10H19ClSi/c1-12(2,11)9-8-10-6-4-3-5-7-10/h3-4,10H,5-9H2,1-2H3/t10-/m1/s1. The van der Waals surface area contributed by atoms with Crippen LogP contribution in [-0.4, -0.2) is 7.38 Å². The quantitative estimate of drug-likeness (QED) is 0.366. The molecule has 0 aromatic heterocycles. The number of rotatable bonds is 3. The maximum Gasteiger partial charge on any atom is 0.150 e. The highest BCUT2D eigenvalue weighted by Gasteiger charge is 2.19. The van der Waals surface area contributed by atoms with Gasteiger partial charge in [0.2, 0.25) is 0 Å². The van der Waals surface area contributed by atoms with Crippen LogP contribution in [0.25, 0.3) is 0 Å². The minimum Gasteiger partial charge on any atom is -0.168 e. The number of hydrogen-bond donors (Lipinski definition) is 0. The van der Waals surface area contributed by atoms with E-state index < -0.39 is 7.38 Å². The van der Waals surface area contributed by atoms with Crippen LogP contribution in [0.5, 0.6) is 0 Å². The van der Waals surface area contributed by atoms with Crippen LogP contribution >= 0.6 is 11.1 Å². The van der Waals surface area contributed by atoms with Crippen molar-refractivity contribution in [3.8, 4) is 0 Å². The largest absolute Gasteiger partial charge is 0.168 e. The third-order valence-electron chi connectivity index (χ3n) is 2.52. The Hall–Kier alpha value is 0.247. The van der Waals surface area contributed by atoms with Gasteiger partial charge < -0.3 is 0 Å². The number of allylic oxidation sites excluding steroid dienone is 2. The van der Waals surface area contributed by atoms with Crippen molar-refractivity contribution in [2.24, 2.45) is 5.92 Å². The topological polar surface area (TPSA) is 0 Å². The molecule has 1 rings (SSSR count). The molecule has 0 aliphatic heterocycles. The second-order valence-corrected chi connectivity index (χ2v) is 11.4. The van der Waals surface area contributed by atoms with Crippen molar-refractivity contribution in [1.82, 2.24) is 0 Å². The summed E-state index contributed by atoms with van der Waals surface area (Å²) in [7, 11) is -1.29. The van der Waals surface area contributed by atoms with Crippen molar-refractivity contribution in [1.29, 1.82) is 0 Å². The molecule has 0 amide bonds. The minimum absolute atomic E-state index is 0.931. The Morgan fingerprint density at radius 1 is 1.42 bits per heavy atom. The zero-order valence-corrected chi connectivity index (χ0v) is 9.90. The summed E-state index contributed by atoms with van der Waals surface area (Å²) in [5, 5.41) is 0. The predicted molar refractivity (Wildman–Crippen MR) is 59.2 cm³/mol. The van der Waals surface area contributed by atoms with Crippen molar-refractivity contribution in [3.63, 3.8) is 0 Å². The SMILES string of the molecule is C[Si](C)(Cl)CC[C@@H]1CC=CCC1. The molecule has 0 N–H and O–H groups in total. The first-order valence-corrected chi connectivity index (χ1v) is 9.14. The normalized spacial score (nSPS) is 24.4. The molecular weight excluding hydrogens is 184 g/mol. The minimum atomic E-state index is -1.29. The third-order valence-corrected chi connectivity index (χ3v) is 4.57. The van der Waals surface area contributed by atoms with Crippen molar-refractivity contribution in [2.45, 2.75) is 44.8 Å². The average Bonchev–Trinajstić information content (AvgIpc) is 2.02. The molecule has 0 bridgehead atoms. The molecular formula is C10H19ClSi. The molecule has 0 radical (unpaired) electrons. The van der Waals surface area contributed by atoms with E-state index in [1.165, 1.54) is 31.7 Å². The Balaban J connectivity index is 2.19. The van der Waals surface area contributed by atoms with E-state index in [2.05, 4.69) is 25.2 Å². The van der Waals surface area contributed by atoms with Crippen LogP contribution in [0.4, 0.5) is 0 Å². The molecule has 0 aromatic rings. The van der Waals surface area contributed by atoms with Crippen LogP contribution in [0.3, 0.4) is 0 Å². The summed E-state index contributed by atoms with van der Waals surface area (Å²) in [6.07, 6.45) is 9.96. The summed E-state index contributed by atoms with van der Waals surface area (Å²) in [5.74, 6) is 0.931. The zero-order chi connectivity index (χ0) is 9.03. The third kappa shape index (κ3) is 4.32. The average molecular weight is 203 g/mol. The van der Waals surface area contributed by atoms with Gasteiger partial charge in [-0.2, -0.15) is 11.1 Å². The van der Waals surface area contributed by atoms with Crippen molar-refractivity contribution in [2.75, 3.05) is 0 Å². The zero-order valence-electron chi connectivity index (χ0n) is 8.15. The van der Waals surface area contributed by atoms with E-state index in [9.17, 15) is 0 Å². The first-order valence-electron chi connectivity index (χ1n) is 4.92. The van der Waals surface area contributed by atoms with Crippen LogP contribution in [0, 0.1) is 5.92 Å². The molecule has 0 nitrogen and oxygen atoms in total. The first kappa shape index (κ1) is 10.3. The van der Waals surface area contributed by atoms with Gasteiger partial charge in [0.15, 0.2) is 7.38 Å².